The van der Waals surface area contributed by atoms with Gasteiger partial charge in [0.2, 0.25) is 0 Å². The summed E-state index contributed by atoms with van der Waals surface area (Å²) in [7, 11) is 0. The molecule has 1 atom stereocenters. The molecule has 1 rings (SSSR count). The molecule has 1 unspecified atom stereocenters. The molecular weight excluding hydrogens is 128 g/mol. The predicted octanol–water partition coefficient (Wildman–Crippen LogP) is -0.826. The van der Waals surface area contributed by atoms with Crippen molar-refractivity contribution in [3.8, 4) is 0 Å². The van der Waals surface area contributed by atoms with E-state index < -0.39 is 0 Å². The second kappa shape index (κ2) is 2.88. The van der Waals surface area contributed by atoms with E-state index in [1.54, 1.807) is 0 Å². The van der Waals surface area contributed by atoms with E-state index in [9.17, 15) is 0 Å². The molecule has 1 heterocycles. The quantitative estimate of drug-likeness (QED) is 0.305. The van der Waals surface area contributed by atoms with E-state index in [0.717, 1.165) is 19.6 Å². The van der Waals surface area contributed by atoms with E-state index in [0.29, 0.717) is 6.04 Å². The number of nitrogens with two attached hydrogens (primary N) is 1. The summed E-state index contributed by atoms with van der Waals surface area (Å²) in [5.74, 6) is 0.189. The van der Waals surface area contributed by atoms with Gasteiger partial charge in [-0.2, -0.15) is 0 Å². The van der Waals surface area contributed by atoms with Gasteiger partial charge in [0, 0.05) is 25.7 Å². The van der Waals surface area contributed by atoms with Crippen LogP contribution in [-0.2, 0) is 0 Å². The molecule has 4 N–H and O–H groups in total. The highest BCUT2D eigenvalue weighted by molar-refractivity contribution is 5.75. The Balaban J connectivity index is 2.47. The Bertz CT molecular complexity index is 134. The summed E-state index contributed by atoms with van der Waals surface area (Å²) in [6.07, 6.45) is 0. The molecule has 1 fully saturated rings. The second-order valence-corrected chi connectivity index (χ2v) is 2.63. The van der Waals surface area contributed by atoms with Gasteiger partial charge in [-0.25, -0.2) is 0 Å². The highest BCUT2D eigenvalue weighted by Gasteiger charge is 2.17. The van der Waals surface area contributed by atoms with E-state index in [-0.39, 0.29) is 5.96 Å². The zero-order valence-corrected chi connectivity index (χ0v) is 6.22. The maximum atomic E-state index is 7.20. The lowest BCUT2D eigenvalue weighted by Gasteiger charge is -2.33. The van der Waals surface area contributed by atoms with Crippen molar-refractivity contribution in [2.45, 2.75) is 13.0 Å². The summed E-state index contributed by atoms with van der Waals surface area (Å²) >= 11 is 0. The van der Waals surface area contributed by atoms with Crippen LogP contribution in [0.3, 0.4) is 0 Å². The molecule has 1 aliphatic heterocycles. The summed E-state index contributed by atoms with van der Waals surface area (Å²) < 4.78 is 0. The van der Waals surface area contributed by atoms with Crippen LogP contribution >= 0.6 is 0 Å². The number of hydrogen-bond donors (Lipinski definition) is 3. The van der Waals surface area contributed by atoms with Crippen molar-refractivity contribution in [1.29, 1.82) is 5.41 Å². The fourth-order valence-corrected chi connectivity index (χ4v) is 1.20. The minimum atomic E-state index is 0.189. The molecule has 0 spiro atoms. The van der Waals surface area contributed by atoms with Gasteiger partial charge in [-0.15, -0.1) is 0 Å². The largest absolute Gasteiger partial charge is 0.370 e. The number of rotatable bonds is 0. The summed E-state index contributed by atoms with van der Waals surface area (Å²) in [6, 6.07) is 0.367. The molecule has 1 aliphatic rings. The third kappa shape index (κ3) is 1.39. The van der Waals surface area contributed by atoms with Crippen molar-refractivity contribution >= 4 is 5.96 Å². The summed E-state index contributed by atoms with van der Waals surface area (Å²) in [6.45, 7) is 4.79. The van der Waals surface area contributed by atoms with Crippen LogP contribution in [0, 0.1) is 5.41 Å². The van der Waals surface area contributed by atoms with Crippen molar-refractivity contribution < 1.29 is 0 Å². The van der Waals surface area contributed by atoms with Crippen LogP contribution in [0.25, 0.3) is 0 Å². The topological polar surface area (TPSA) is 65.1 Å². The van der Waals surface area contributed by atoms with Crippen LogP contribution in [0.5, 0.6) is 0 Å². The van der Waals surface area contributed by atoms with Crippen molar-refractivity contribution in [2.75, 3.05) is 19.6 Å². The van der Waals surface area contributed by atoms with E-state index >= 15 is 0 Å². The SMILES string of the molecule is CC1CNCCN1C(=N)N. The Morgan fingerprint density at radius 2 is 2.50 bits per heavy atom. The zero-order chi connectivity index (χ0) is 7.56. The van der Waals surface area contributed by atoms with E-state index in [1.807, 2.05) is 4.90 Å². The van der Waals surface area contributed by atoms with Gasteiger partial charge in [0.15, 0.2) is 5.96 Å². The molecule has 0 aromatic carbocycles. The molecule has 10 heavy (non-hydrogen) atoms. The van der Waals surface area contributed by atoms with Gasteiger partial charge in [-0.05, 0) is 6.92 Å². The van der Waals surface area contributed by atoms with Crippen LogP contribution in [0.2, 0.25) is 0 Å². The van der Waals surface area contributed by atoms with E-state index in [2.05, 4.69) is 12.2 Å². The zero-order valence-electron chi connectivity index (χ0n) is 6.22. The first-order valence-electron chi connectivity index (χ1n) is 3.53. The maximum absolute atomic E-state index is 7.20. The first-order chi connectivity index (χ1) is 4.72. The molecule has 0 aromatic heterocycles. The molecule has 4 nitrogen and oxygen atoms in total. The summed E-state index contributed by atoms with van der Waals surface area (Å²) in [4.78, 5) is 1.90. The van der Waals surface area contributed by atoms with Crippen molar-refractivity contribution in [3.05, 3.63) is 0 Å². The molecule has 0 saturated carbocycles. The minimum Gasteiger partial charge on any atom is -0.370 e. The highest BCUT2D eigenvalue weighted by atomic mass is 15.3. The first-order valence-corrected chi connectivity index (χ1v) is 3.53. The molecule has 0 aliphatic carbocycles. The average Bonchev–Trinajstić information content (AvgIpc) is 1.88. The molecule has 1 saturated heterocycles. The normalized spacial score (nSPS) is 26.5. The Hall–Kier alpha value is -0.770. The Morgan fingerprint density at radius 1 is 1.80 bits per heavy atom. The van der Waals surface area contributed by atoms with E-state index in [4.69, 9.17) is 11.1 Å². The number of nitrogens with one attached hydrogen (secondary N) is 2. The Morgan fingerprint density at radius 3 is 2.90 bits per heavy atom. The fraction of sp³-hybridized carbons (Fsp3) is 0.833. The average molecular weight is 142 g/mol. The predicted molar refractivity (Wildman–Crippen MR) is 41.0 cm³/mol. The van der Waals surface area contributed by atoms with Crippen molar-refractivity contribution in [1.82, 2.24) is 10.2 Å². The van der Waals surface area contributed by atoms with Gasteiger partial charge in [0.05, 0.1) is 0 Å². The Labute approximate surface area is 60.9 Å². The number of nitrogens with zero attached hydrogens (tertiary/aromatic N) is 1. The maximum Gasteiger partial charge on any atom is 0.188 e. The smallest absolute Gasteiger partial charge is 0.188 e. The van der Waals surface area contributed by atoms with Crippen LogP contribution in [0.4, 0.5) is 0 Å². The number of piperazine rings is 1. The van der Waals surface area contributed by atoms with Gasteiger partial charge in [-0.3, -0.25) is 5.41 Å². The Kier molecular flexibility index (Phi) is 2.11. The second-order valence-electron chi connectivity index (χ2n) is 2.63. The molecule has 58 valence electrons. The van der Waals surface area contributed by atoms with Crippen LogP contribution in [0.1, 0.15) is 6.92 Å². The van der Waals surface area contributed by atoms with E-state index in [1.165, 1.54) is 0 Å². The van der Waals surface area contributed by atoms with Crippen molar-refractivity contribution in [2.24, 2.45) is 5.73 Å². The fourth-order valence-electron chi connectivity index (χ4n) is 1.20. The third-order valence-electron chi connectivity index (χ3n) is 1.81. The van der Waals surface area contributed by atoms with Crippen LogP contribution in [0.15, 0.2) is 0 Å². The highest BCUT2D eigenvalue weighted by Crippen LogP contribution is 1.99. The third-order valence-corrected chi connectivity index (χ3v) is 1.81. The van der Waals surface area contributed by atoms with Gasteiger partial charge in [0.1, 0.15) is 0 Å². The van der Waals surface area contributed by atoms with Crippen molar-refractivity contribution in [3.63, 3.8) is 0 Å². The molecule has 4 heteroatoms. The van der Waals surface area contributed by atoms with Crippen LogP contribution in [-0.4, -0.2) is 36.5 Å². The summed E-state index contributed by atoms with van der Waals surface area (Å²) in [5, 5.41) is 10.4. The minimum absolute atomic E-state index is 0.189. The molecule has 0 aromatic rings. The molecule has 0 bridgehead atoms. The number of guanidine groups is 1. The molecule has 0 amide bonds. The van der Waals surface area contributed by atoms with Gasteiger partial charge in [-0.1, -0.05) is 0 Å². The first kappa shape index (κ1) is 7.34. The van der Waals surface area contributed by atoms with Crippen LogP contribution < -0.4 is 11.1 Å². The standard InChI is InChI=1S/C6H14N4/c1-5-4-9-2-3-10(5)6(7)8/h5,9H,2-4H2,1H3,(H3,7,8). The summed E-state index contributed by atoms with van der Waals surface area (Å²) in [5.41, 5.74) is 5.34. The van der Waals surface area contributed by atoms with Gasteiger partial charge >= 0.3 is 0 Å². The lowest BCUT2D eigenvalue weighted by molar-refractivity contribution is 0.270. The monoisotopic (exact) mass is 142 g/mol. The van der Waals surface area contributed by atoms with Gasteiger partial charge in [0.25, 0.3) is 0 Å². The molecule has 0 radical (unpaired) electrons. The molecular formula is C6H14N4. The number of hydrogen-bond acceptors (Lipinski definition) is 2. The van der Waals surface area contributed by atoms with Gasteiger partial charge < -0.3 is 16.0 Å². The lowest BCUT2D eigenvalue weighted by atomic mass is 10.2. The lowest BCUT2D eigenvalue weighted by Crippen LogP contribution is -2.54.